The number of hydrogen-bond acceptors (Lipinski definition) is 6. The number of amides is 1. The standard InChI is InChI=1S/C24H21NO6S/c1-16-7-11-18(12-8-16)22(26)20-5-3-4-6-21(20)23(27)25-32(29,30)15-17-9-13-19(14-10-17)24(28)31-2/h3-14H,15H2,1-2H3,(H,25,27). The highest BCUT2D eigenvalue weighted by atomic mass is 32.2. The Kier molecular flexibility index (Phi) is 6.85. The van der Waals surface area contributed by atoms with Crippen molar-refractivity contribution in [2.24, 2.45) is 0 Å². The van der Waals surface area contributed by atoms with Crippen LogP contribution in [0.1, 0.15) is 47.8 Å². The van der Waals surface area contributed by atoms with Gasteiger partial charge in [0.1, 0.15) is 0 Å². The van der Waals surface area contributed by atoms with Crippen LogP contribution in [-0.4, -0.2) is 33.2 Å². The van der Waals surface area contributed by atoms with Crippen LogP contribution in [0.5, 0.6) is 0 Å². The Balaban J connectivity index is 1.78. The molecular formula is C24H21NO6S. The lowest BCUT2D eigenvalue weighted by Gasteiger charge is -2.11. The number of benzene rings is 3. The Morgan fingerprint density at radius 2 is 1.38 bits per heavy atom. The average molecular weight is 452 g/mol. The molecule has 164 valence electrons. The number of carbonyl (C=O) groups excluding carboxylic acids is 3. The van der Waals surface area contributed by atoms with E-state index in [9.17, 15) is 22.8 Å². The van der Waals surface area contributed by atoms with Crippen LogP contribution in [0.4, 0.5) is 0 Å². The van der Waals surface area contributed by atoms with Crippen LogP contribution in [-0.2, 0) is 20.5 Å². The highest BCUT2D eigenvalue weighted by Crippen LogP contribution is 2.16. The number of nitrogens with one attached hydrogen (secondary N) is 1. The van der Waals surface area contributed by atoms with Gasteiger partial charge in [0.15, 0.2) is 5.78 Å². The first-order chi connectivity index (χ1) is 15.2. The molecule has 0 bridgehead atoms. The highest BCUT2D eigenvalue weighted by molar-refractivity contribution is 7.89. The van der Waals surface area contributed by atoms with Gasteiger partial charge in [-0.15, -0.1) is 0 Å². The van der Waals surface area contributed by atoms with Crippen LogP contribution in [0.15, 0.2) is 72.8 Å². The Bertz CT molecular complexity index is 1260. The molecule has 0 spiro atoms. The van der Waals surface area contributed by atoms with E-state index in [4.69, 9.17) is 0 Å². The molecule has 0 saturated heterocycles. The van der Waals surface area contributed by atoms with Crippen molar-refractivity contribution >= 4 is 27.7 Å². The fourth-order valence-corrected chi connectivity index (χ4v) is 4.14. The van der Waals surface area contributed by atoms with E-state index in [0.29, 0.717) is 11.1 Å². The van der Waals surface area contributed by atoms with Gasteiger partial charge >= 0.3 is 5.97 Å². The third kappa shape index (κ3) is 5.47. The lowest BCUT2D eigenvalue weighted by molar-refractivity contribution is 0.0600. The first-order valence-electron chi connectivity index (χ1n) is 9.62. The van der Waals surface area contributed by atoms with E-state index < -0.39 is 27.7 Å². The van der Waals surface area contributed by atoms with Crippen molar-refractivity contribution in [2.75, 3.05) is 7.11 Å². The molecule has 3 rings (SSSR count). The molecule has 1 N–H and O–H groups in total. The molecule has 7 nitrogen and oxygen atoms in total. The summed E-state index contributed by atoms with van der Waals surface area (Å²) in [6.07, 6.45) is 0. The van der Waals surface area contributed by atoms with Crippen LogP contribution in [0.2, 0.25) is 0 Å². The predicted octanol–water partition coefficient (Wildman–Crippen LogP) is 3.27. The largest absolute Gasteiger partial charge is 0.465 e. The molecule has 0 aliphatic rings. The van der Waals surface area contributed by atoms with Gasteiger partial charge in [0.05, 0.1) is 24.0 Å². The van der Waals surface area contributed by atoms with Gasteiger partial charge < -0.3 is 4.74 Å². The van der Waals surface area contributed by atoms with Crippen LogP contribution < -0.4 is 4.72 Å². The quantitative estimate of drug-likeness (QED) is 0.436. The number of carbonyl (C=O) groups is 3. The van der Waals surface area contributed by atoms with Crippen molar-refractivity contribution in [3.05, 3.63) is 106 Å². The summed E-state index contributed by atoms with van der Waals surface area (Å²) < 4.78 is 31.7. The van der Waals surface area contributed by atoms with Gasteiger partial charge in [0.25, 0.3) is 5.91 Å². The van der Waals surface area contributed by atoms with E-state index >= 15 is 0 Å². The summed E-state index contributed by atoms with van der Waals surface area (Å²) in [4.78, 5) is 37.1. The molecule has 0 aliphatic heterocycles. The molecule has 0 aromatic heterocycles. The second-order valence-corrected chi connectivity index (χ2v) is 8.84. The molecule has 8 heteroatoms. The van der Waals surface area contributed by atoms with Gasteiger partial charge in [0.2, 0.25) is 10.0 Å². The van der Waals surface area contributed by atoms with Gasteiger partial charge in [-0.2, -0.15) is 0 Å². The van der Waals surface area contributed by atoms with Gasteiger partial charge in [-0.3, -0.25) is 9.59 Å². The number of aryl methyl sites for hydroxylation is 1. The number of methoxy groups -OCH3 is 1. The molecule has 0 saturated carbocycles. The monoisotopic (exact) mass is 451 g/mol. The molecular weight excluding hydrogens is 430 g/mol. The zero-order valence-corrected chi connectivity index (χ0v) is 18.3. The number of rotatable bonds is 7. The van der Waals surface area contributed by atoms with Crippen LogP contribution in [0.25, 0.3) is 0 Å². The first kappa shape index (κ1) is 22.9. The number of ether oxygens (including phenoxy) is 1. The Morgan fingerprint density at radius 3 is 1.97 bits per heavy atom. The predicted molar refractivity (Wildman–Crippen MR) is 119 cm³/mol. The molecule has 0 heterocycles. The zero-order valence-electron chi connectivity index (χ0n) is 17.5. The third-order valence-electron chi connectivity index (χ3n) is 4.71. The maximum absolute atomic E-state index is 12.9. The van der Waals surface area contributed by atoms with Crippen molar-refractivity contribution in [1.82, 2.24) is 4.72 Å². The Labute approximate surface area is 186 Å². The average Bonchev–Trinajstić information content (AvgIpc) is 2.78. The molecule has 0 aliphatic carbocycles. The van der Waals surface area contributed by atoms with Crippen LogP contribution in [0.3, 0.4) is 0 Å². The maximum Gasteiger partial charge on any atom is 0.337 e. The topological polar surface area (TPSA) is 107 Å². The zero-order chi connectivity index (χ0) is 23.3. The number of ketones is 1. The minimum absolute atomic E-state index is 0.0392. The summed E-state index contributed by atoms with van der Waals surface area (Å²) in [5.41, 5.74) is 2.10. The molecule has 1 amide bonds. The molecule has 3 aromatic rings. The van der Waals surface area contributed by atoms with Crippen LogP contribution >= 0.6 is 0 Å². The highest BCUT2D eigenvalue weighted by Gasteiger charge is 2.22. The van der Waals surface area contributed by atoms with E-state index in [1.165, 1.54) is 43.5 Å². The van der Waals surface area contributed by atoms with Crippen molar-refractivity contribution in [3.8, 4) is 0 Å². The van der Waals surface area contributed by atoms with Crippen molar-refractivity contribution < 1.29 is 27.5 Å². The third-order valence-corrected chi connectivity index (χ3v) is 5.92. The fraction of sp³-hybridized carbons (Fsp3) is 0.125. The minimum Gasteiger partial charge on any atom is -0.465 e. The maximum atomic E-state index is 12.9. The summed E-state index contributed by atoms with van der Waals surface area (Å²) >= 11 is 0. The molecule has 0 atom stereocenters. The molecule has 0 unspecified atom stereocenters. The summed E-state index contributed by atoms with van der Waals surface area (Å²) in [5.74, 6) is -2.30. The van der Waals surface area contributed by atoms with E-state index in [-0.39, 0.29) is 22.5 Å². The van der Waals surface area contributed by atoms with Gasteiger partial charge in [-0.25, -0.2) is 17.9 Å². The summed E-state index contributed by atoms with van der Waals surface area (Å²) in [7, 11) is -2.81. The number of sulfonamides is 1. The van der Waals surface area contributed by atoms with Crippen molar-refractivity contribution in [2.45, 2.75) is 12.7 Å². The van der Waals surface area contributed by atoms with E-state index in [1.807, 2.05) is 11.6 Å². The summed E-state index contributed by atoms with van der Waals surface area (Å²) in [6, 6.07) is 18.7. The van der Waals surface area contributed by atoms with E-state index in [2.05, 4.69) is 4.74 Å². The normalized spacial score (nSPS) is 10.9. The van der Waals surface area contributed by atoms with Crippen molar-refractivity contribution in [1.29, 1.82) is 0 Å². The van der Waals surface area contributed by atoms with Gasteiger partial charge in [-0.05, 0) is 30.7 Å². The molecule has 3 aromatic carbocycles. The second kappa shape index (κ2) is 9.57. The smallest absolute Gasteiger partial charge is 0.337 e. The van der Waals surface area contributed by atoms with Gasteiger partial charge in [0, 0.05) is 11.1 Å². The summed E-state index contributed by atoms with van der Waals surface area (Å²) in [5, 5.41) is 0. The number of hydrogen-bond donors (Lipinski definition) is 1. The van der Waals surface area contributed by atoms with Crippen LogP contribution in [0, 0.1) is 6.92 Å². The van der Waals surface area contributed by atoms with Gasteiger partial charge in [-0.1, -0.05) is 60.2 Å². The SMILES string of the molecule is COC(=O)c1ccc(CS(=O)(=O)NC(=O)c2ccccc2C(=O)c2ccc(C)cc2)cc1. The lowest BCUT2D eigenvalue weighted by Crippen LogP contribution is -2.32. The summed E-state index contributed by atoms with van der Waals surface area (Å²) in [6.45, 7) is 1.89. The Morgan fingerprint density at radius 1 is 0.812 bits per heavy atom. The van der Waals surface area contributed by atoms with E-state index in [0.717, 1.165) is 5.56 Å². The molecule has 32 heavy (non-hydrogen) atoms. The fourth-order valence-electron chi connectivity index (χ4n) is 3.05. The second-order valence-electron chi connectivity index (χ2n) is 7.12. The molecule has 0 fully saturated rings. The minimum atomic E-state index is -4.06. The molecule has 0 radical (unpaired) electrons. The van der Waals surface area contributed by atoms with E-state index in [1.54, 1.807) is 36.4 Å². The number of esters is 1. The van der Waals surface area contributed by atoms with Crippen molar-refractivity contribution in [3.63, 3.8) is 0 Å². The lowest BCUT2D eigenvalue weighted by atomic mass is 9.97. The first-order valence-corrected chi connectivity index (χ1v) is 11.3. The Hall–Kier alpha value is -3.78.